The van der Waals surface area contributed by atoms with E-state index in [1.165, 1.54) is 6.07 Å². The van der Waals surface area contributed by atoms with E-state index in [2.05, 4.69) is 15.2 Å². The molecule has 2 heterocycles. The minimum Gasteiger partial charge on any atom is -0.477 e. The SMILES string of the molecule is Cc1cc2[nH]ncc2cc1-c1ccc(C(=O)O)nc1. The molecule has 0 saturated carbocycles. The molecule has 0 fully saturated rings. The Morgan fingerprint density at radius 1 is 1.26 bits per heavy atom. The Morgan fingerprint density at radius 2 is 2.11 bits per heavy atom. The van der Waals surface area contributed by atoms with Crippen LogP contribution < -0.4 is 0 Å². The van der Waals surface area contributed by atoms with Crippen molar-refractivity contribution >= 4 is 16.9 Å². The number of nitrogens with one attached hydrogen (secondary N) is 1. The number of carboxylic acids is 1. The second-order valence-electron chi connectivity index (χ2n) is 4.36. The van der Waals surface area contributed by atoms with Gasteiger partial charge in [0.1, 0.15) is 5.69 Å². The van der Waals surface area contributed by atoms with E-state index in [-0.39, 0.29) is 5.69 Å². The molecule has 2 N–H and O–H groups in total. The van der Waals surface area contributed by atoms with Crippen LogP contribution in [0.4, 0.5) is 0 Å². The summed E-state index contributed by atoms with van der Waals surface area (Å²) in [6.45, 7) is 2.00. The van der Waals surface area contributed by atoms with Gasteiger partial charge in [0.15, 0.2) is 0 Å². The highest BCUT2D eigenvalue weighted by Gasteiger charge is 2.08. The molecular weight excluding hydrogens is 242 g/mol. The normalized spacial score (nSPS) is 10.8. The van der Waals surface area contributed by atoms with Crippen molar-refractivity contribution in [1.29, 1.82) is 0 Å². The molecule has 5 nitrogen and oxygen atoms in total. The van der Waals surface area contributed by atoms with Gasteiger partial charge in [0.25, 0.3) is 0 Å². The van der Waals surface area contributed by atoms with Gasteiger partial charge < -0.3 is 5.11 Å². The van der Waals surface area contributed by atoms with Crippen molar-refractivity contribution in [2.75, 3.05) is 0 Å². The number of H-pyrrole nitrogens is 1. The van der Waals surface area contributed by atoms with E-state index in [0.717, 1.165) is 27.6 Å². The second kappa shape index (κ2) is 4.20. The molecule has 19 heavy (non-hydrogen) atoms. The van der Waals surface area contributed by atoms with E-state index in [9.17, 15) is 4.79 Å². The summed E-state index contributed by atoms with van der Waals surface area (Å²) in [6.07, 6.45) is 3.34. The Balaban J connectivity index is 2.12. The van der Waals surface area contributed by atoms with Crippen molar-refractivity contribution in [2.45, 2.75) is 6.92 Å². The quantitative estimate of drug-likeness (QED) is 0.735. The third kappa shape index (κ3) is 1.95. The van der Waals surface area contributed by atoms with Crippen molar-refractivity contribution < 1.29 is 9.90 Å². The smallest absolute Gasteiger partial charge is 0.354 e. The number of benzene rings is 1. The number of pyridine rings is 1. The second-order valence-corrected chi connectivity index (χ2v) is 4.36. The summed E-state index contributed by atoms with van der Waals surface area (Å²) in [5.41, 5.74) is 4.03. The minimum absolute atomic E-state index is 0.0470. The van der Waals surface area contributed by atoms with Crippen LogP contribution in [-0.4, -0.2) is 26.3 Å². The van der Waals surface area contributed by atoms with Gasteiger partial charge in [-0.3, -0.25) is 5.10 Å². The Hall–Kier alpha value is -2.69. The molecule has 0 atom stereocenters. The molecular formula is C14H11N3O2. The Bertz CT molecular complexity index is 760. The summed E-state index contributed by atoms with van der Waals surface area (Å²) in [5.74, 6) is -1.02. The van der Waals surface area contributed by atoms with Gasteiger partial charge in [-0.2, -0.15) is 5.10 Å². The zero-order chi connectivity index (χ0) is 13.4. The van der Waals surface area contributed by atoms with Gasteiger partial charge in [0, 0.05) is 17.1 Å². The fourth-order valence-corrected chi connectivity index (χ4v) is 2.09. The fourth-order valence-electron chi connectivity index (χ4n) is 2.09. The number of hydrogen-bond acceptors (Lipinski definition) is 3. The third-order valence-corrected chi connectivity index (χ3v) is 3.08. The van der Waals surface area contributed by atoms with Crippen LogP contribution in [0.25, 0.3) is 22.0 Å². The number of hydrogen-bond donors (Lipinski definition) is 2. The van der Waals surface area contributed by atoms with Crippen LogP contribution in [0.1, 0.15) is 16.1 Å². The van der Waals surface area contributed by atoms with Crippen LogP contribution in [0, 0.1) is 6.92 Å². The maximum absolute atomic E-state index is 10.8. The van der Waals surface area contributed by atoms with Gasteiger partial charge in [-0.25, -0.2) is 9.78 Å². The van der Waals surface area contributed by atoms with Crippen LogP contribution in [0.3, 0.4) is 0 Å². The molecule has 2 aromatic heterocycles. The molecule has 0 spiro atoms. The van der Waals surface area contributed by atoms with E-state index in [1.54, 1.807) is 18.5 Å². The Morgan fingerprint density at radius 3 is 2.79 bits per heavy atom. The number of aromatic amines is 1. The molecule has 1 aromatic carbocycles. The van der Waals surface area contributed by atoms with E-state index in [1.807, 2.05) is 19.1 Å². The first kappa shape index (κ1) is 11.4. The fraction of sp³-hybridized carbons (Fsp3) is 0.0714. The number of aryl methyl sites for hydroxylation is 1. The number of aromatic carboxylic acids is 1. The first-order chi connectivity index (χ1) is 9.15. The highest BCUT2D eigenvalue weighted by Crippen LogP contribution is 2.27. The summed E-state index contributed by atoms with van der Waals surface area (Å²) in [5, 5.41) is 16.8. The average molecular weight is 253 g/mol. The summed E-state index contributed by atoms with van der Waals surface area (Å²) in [7, 11) is 0. The molecule has 0 bridgehead atoms. The summed E-state index contributed by atoms with van der Waals surface area (Å²) >= 11 is 0. The first-order valence-electron chi connectivity index (χ1n) is 5.78. The summed E-state index contributed by atoms with van der Waals surface area (Å²) < 4.78 is 0. The van der Waals surface area contributed by atoms with Gasteiger partial charge in [-0.1, -0.05) is 6.07 Å². The largest absolute Gasteiger partial charge is 0.477 e. The minimum atomic E-state index is -1.02. The first-order valence-corrected chi connectivity index (χ1v) is 5.78. The van der Waals surface area contributed by atoms with Gasteiger partial charge in [0.2, 0.25) is 0 Å². The average Bonchev–Trinajstić information content (AvgIpc) is 2.85. The molecule has 5 heteroatoms. The van der Waals surface area contributed by atoms with Crippen LogP contribution >= 0.6 is 0 Å². The predicted octanol–water partition coefficient (Wildman–Crippen LogP) is 2.63. The third-order valence-electron chi connectivity index (χ3n) is 3.08. The number of nitrogens with zero attached hydrogens (tertiary/aromatic N) is 2. The van der Waals surface area contributed by atoms with Gasteiger partial charge >= 0.3 is 5.97 Å². The number of carboxylic acid groups (broad SMARTS) is 1. The van der Waals surface area contributed by atoms with Crippen LogP contribution in [0.5, 0.6) is 0 Å². The molecule has 0 amide bonds. The molecule has 0 radical (unpaired) electrons. The number of fused-ring (bicyclic) bond motifs is 1. The van der Waals surface area contributed by atoms with Crippen molar-refractivity contribution in [3.8, 4) is 11.1 Å². The van der Waals surface area contributed by atoms with Gasteiger partial charge in [-0.15, -0.1) is 0 Å². The molecule has 3 aromatic rings. The molecule has 0 aliphatic heterocycles. The maximum Gasteiger partial charge on any atom is 0.354 e. The van der Waals surface area contributed by atoms with Crippen LogP contribution in [-0.2, 0) is 0 Å². The monoisotopic (exact) mass is 253 g/mol. The lowest BCUT2D eigenvalue weighted by Gasteiger charge is -2.06. The summed E-state index contributed by atoms with van der Waals surface area (Å²) in [4.78, 5) is 14.7. The standard InChI is InChI=1S/C14H11N3O2/c1-8-4-13-10(7-16-17-13)5-11(8)9-2-3-12(14(18)19)15-6-9/h2-7H,1H3,(H,16,17)(H,18,19). The molecule has 0 unspecified atom stereocenters. The Labute approximate surface area is 108 Å². The van der Waals surface area contributed by atoms with Crippen LogP contribution in [0.15, 0.2) is 36.7 Å². The Kier molecular flexibility index (Phi) is 2.52. The molecule has 94 valence electrons. The van der Waals surface area contributed by atoms with Crippen molar-refractivity contribution in [2.24, 2.45) is 0 Å². The zero-order valence-electron chi connectivity index (χ0n) is 10.2. The van der Waals surface area contributed by atoms with Crippen molar-refractivity contribution in [3.63, 3.8) is 0 Å². The van der Waals surface area contributed by atoms with Crippen molar-refractivity contribution in [3.05, 3.63) is 47.9 Å². The highest BCUT2D eigenvalue weighted by atomic mass is 16.4. The lowest BCUT2D eigenvalue weighted by Crippen LogP contribution is -1.99. The van der Waals surface area contributed by atoms with E-state index in [4.69, 9.17) is 5.11 Å². The zero-order valence-corrected chi connectivity index (χ0v) is 10.2. The topological polar surface area (TPSA) is 78.9 Å². The van der Waals surface area contributed by atoms with E-state index < -0.39 is 5.97 Å². The highest BCUT2D eigenvalue weighted by molar-refractivity contribution is 5.88. The predicted molar refractivity (Wildman–Crippen MR) is 71.0 cm³/mol. The number of carbonyl (C=O) groups is 1. The number of aromatic nitrogens is 3. The van der Waals surface area contributed by atoms with Gasteiger partial charge in [0.05, 0.1) is 11.7 Å². The number of rotatable bonds is 2. The molecule has 0 aliphatic carbocycles. The lowest BCUT2D eigenvalue weighted by molar-refractivity contribution is 0.0690. The van der Waals surface area contributed by atoms with Gasteiger partial charge in [-0.05, 0) is 36.2 Å². The molecule has 0 aliphatic rings. The summed E-state index contributed by atoms with van der Waals surface area (Å²) in [6, 6.07) is 7.32. The lowest BCUT2D eigenvalue weighted by atomic mass is 10.00. The van der Waals surface area contributed by atoms with E-state index in [0.29, 0.717) is 0 Å². The maximum atomic E-state index is 10.8. The van der Waals surface area contributed by atoms with Crippen LogP contribution in [0.2, 0.25) is 0 Å². The van der Waals surface area contributed by atoms with Crippen molar-refractivity contribution in [1.82, 2.24) is 15.2 Å². The molecule has 0 saturated heterocycles. The molecule has 3 rings (SSSR count). The van der Waals surface area contributed by atoms with E-state index >= 15 is 0 Å².